The van der Waals surface area contributed by atoms with Crippen molar-refractivity contribution in [1.29, 1.82) is 0 Å². The number of rotatable bonds is 3. The van der Waals surface area contributed by atoms with Gasteiger partial charge in [-0.3, -0.25) is 4.98 Å². The van der Waals surface area contributed by atoms with E-state index in [4.69, 9.17) is 4.98 Å². The Morgan fingerprint density at radius 1 is 1.28 bits per heavy atom. The van der Waals surface area contributed by atoms with E-state index in [-0.39, 0.29) is 0 Å². The Bertz CT molecular complexity index is 558. The molecule has 1 N–H and O–H groups in total. The smallest absolute Gasteiger partial charge is 0.0708 e. The van der Waals surface area contributed by atoms with Crippen LogP contribution in [0.15, 0.2) is 30.3 Å². The van der Waals surface area contributed by atoms with Crippen LogP contribution in [0.1, 0.15) is 36.6 Å². The lowest BCUT2D eigenvalue weighted by Gasteiger charge is -2.33. The minimum absolute atomic E-state index is 0.419. The number of pyridine rings is 1. The third-order valence-electron chi connectivity index (χ3n) is 4.19. The van der Waals surface area contributed by atoms with Crippen LogP contribution in [0, 0.1) is 12.8 Å². The fraction of sp³-hybridized carbons (Fsp3) is 0.438. The van der Waals surface area contributed by atoms with E-state index in [1.54, 1.807) is 0 Å². The second kappa shape index (κ2) is 4.69. The zero-order valence-electron chi connectivity index (χ0n) is 11.1. The number of aromatic nitrogens is 1. The molecule has 2 aromatic rings. The molecule has 1 fully saturated rings. The molecule has 0 radical (unpaired) electrons. The fourth-order valence-electron chi connectivity index (χ4n) is 2.93. The molecule has 2 heteroatoms. The summed E-state index contributed by atoms with van der Waals surface area (Å²) in [6, 6.07) is 11.1. The topological polar surface area (TPSA) is 24.9 Å². The van der Waals surface area contributed by atoms with Crippen molar-refractivity contribution in [3.8, 4) is 0 Å². The first-order valence-electron chi connectivity index (χ1n) is 6.83. The quantitative estimate of drug-likeness (QED) is 0.886. The molecule has 2 nitrogen and oxygen atoms in total. The van der Waals surface area contributed by atoms with Gasteiger partial charge in [-0.05, 0) is 50.4 Å². The van der Waals surface area contributed by atoms with Gasteiger partial charge in [0.1, 0.15) is 0 Å². The number of aryl methyl sites for hydroxylation is 1. The van der Waals surface area contributed by atoms with E-state index in [1.807, 2.05) is 0 Å². The number of nitrogens with one attached hydrogen (secondary N) is 1. The van der Waals surface area contributed by atoms with Gasteiger partial charge in [0.2, 0.25) is 0 Å². The maximum absolute atomic E-state index is 4.85. The van der Waals surface area contributed by atoms with Crippen LogP contribution in [0.2, 0.25) is 0 Å². The molecule has 0 spiro atoms. The highest BCUT2D eigenvalue weighted by Crippen LogP contribution is 2.37. The number of nitrogens with zero attached hydrogens (tertiary/aromatic N) is 1. The second-order valence-corrected chi connectivity index (χ2v) is 5.34. The molecule has 0 aliphatic heterocycles. The molecule has 1 aliphatic rings. The summed E-state index contributed by atoms with van der Waals surface area (Å²) < 4.78 is 0. The minimum Gasteiger partial charge on any atom is -0.311 e. The van der Waals surface area contributed by atoms with E-state index in [1.165, 1.54) is 35.9 Å². The summed E-state index contributed by atoms with van der Waals surface area (Å²) in [5, 5.41) is 4.72. The fourth-order valence-corrected chi connectivity index (χ4v) is 2.93. The van der Waals surface area contributed by atoms with Crippen molar-refractivity contribution in [2.45, 2.75) is 32.2 Å². The normalized spacial score (nSPS) is 17.7. The molecule has 1 heterocycles. The molecular weight excluding hydrogens is 220 g/mol. The van der Waals surface area contributed by atoms with E-state index in [0.29, 0.717) is 6.04 Å². The molecule has 1 aromatic heterocycles. The van der Waals surface area contributed by atoms with Gasteiger partial charge in [0.15, 0.2) is 0 Å². The Morgan fingerprint density at radius 2 is 2.06 bits per heavy atom. The van der Waals surface area contributed by atoms with E-state index >= 15 is 0 Å². The van der Waals surface area contributed by atoms with Crippen LogP contribution in [0.25, 0.3) is 10.9 Å². The highest BCUT2D eigenvalue weighted by molar-refractivity contribution is 5.82. The van der Waals surface area contributed by atoms with E-state index in [2.05, 4.69) is 49.6 Å². The van der Waals surface area contributed by atoms with E-state index in [9.17, 15) is 0 Å². The average Bonchev–Trinajstić information content (AvgIpc) is 2.33. The number of fused-ring (bicyclic) bond motifs is 1. The van der Waals surface area contributed by atoms with Gasteiger partial charge in [-0.15, -0.1) is 0 Å². The highest BCUT2D eigenvalue weighted by atomic mass is 14.9. The van der Waals surface area contributed by atoms with Crippen LogP contribution in [-0.2, 0) is 0 Å². The SMILES string of the molecule is CNC(c1cc(C)c2ccccc2n1)C1CCC1. The summed E-state index contributed by atoms with van der Waals surface area (Å²) in [5.41, 5.74) is 3.65. The molecule has 1 aromatic carbocycles. The van der Waals surface area contributed by atoms with Crippen molar-refractivity contribution in [2.75, 3.05) is 7.05 Å². The number of hydrogen-bond donors (Lipinski definition) is 1. The predicted molar refractivity (Wildman–Crippen MR) is 75.6 cm³/mol. The first-order chi connectivity index (χ1) is 8.79. The first-order valence-corrected chi connectivity index (χ1v) is 6.83. The summed E-state index contributed by atoms with van der Waals surface area (Å²) in [7, 11) is 2.05. The molecule has 1 unspecified atom stereocenters. The molecule has 94 valence electrons. The van der Waals surface area contributed by atoms with Gasteiger partial charge in [0.05, 0.1) is 17.3 Å². The third kappa shape index (κ3) is 1.91. The lowest BCUT2D eigenvalue weighted by Crippen LogP contribution is -2.30. The highest BCUT2D eigenvalue weighted by Gasteiger charge is 2.28. The van der Waals surface area contributed by atoms with Crippen LogP contribution in [0.3, 0.4) is 0 Å². The zero-order valence-corrected chi connectivity index (χ0v) is 11.1. The molecular formula is C16H20N2. The summed E-state index contributed by atoms with van der Waals surface area (Å²) in [5.74, 6) is 0.767. The van der Waals surface area contributed by atoms with E-state index in [0.717, 1.165) is 11.4 Å². The maximum atomic E-state index is 4.85. The Kier molecular flexibility index (Phi) is 3.04. The largest absolute Gasteiger partial charge is 0.311 e. The predicted octanol–water partition coefficient (Wildman–Crippen LogP) is 3.60. The molecule has 0 bridgehead atoms. The van der Waals surface area contributed by atoms with Crippen LogP contribution in [0.4, 0.5) is 0 Å². The Balaban J connectivity index is 2.05. The monoisotopic (exact) mass is 240 g/mol. The number of para-hydroxylation sites is 1. The third-order valence-corrected chi connectivity index (χ3v) is 4.19. The van der Waals surface area contributed by atoms with Gasteiger partial charge in [-0.2, -0.15) is 0 Å². The molecule has 1 aliphatic carbocycles. The van der Waals surface area contributed by atoms with Gasteiger partial charge in [-0.25, -0.2) is 0 Å². The summed E-state index contributed by atoms with van der Waals surface area (Å²) in [6.45, 7) is 2.18. The van der Waals surface area contributed by atoms with Crippen LogP contribution >= 0.6 is 0 Å². The molecule has 0 saturated heterocycles. The lowest BCUT2D eigenvalue weighted by atomic mass is 9.78. The number of benzene rings is 1. The van der Waals surface area contributed by atoms with Crippen LogP contribution < -0.4 is 5.32 Å². The van der Waals surface area contributed by atoms with Crippen molar-refractivity contribution < 1.29 is 0 Å². The standard InChI is InChI=1S/C16H20N2/c1-11-10-15(16(17-2)12-6-5-7-12)18-14-9-4-3-8-13(11)14/h3-4,8-10,12,16-17H,5-7H2,1-2H3. The van der Waals surface area contributed by atoms with Crippen molar-refractivity contribution in [3.05, 3.63) is 41.6 Å². The second-order valence-electron chi connectivity index (χ2n) is 5.34. The van der Waals surface area contributed by atoms with Crippen LogP contribution in [-0.4, -0.2) is 12.0 Å². The first kappa shape index (κ1) is 11.7. The van der Waals surface area contributed by atoms with Gasteiger partial charge in [-0.1, -0.05) is 24.6 Å². The molecule has 18 heavy (non-hydrogen) atoms. The summed E-state index contributed by atoms with van der Waals surface area (Å²) in [6.07, 6.45) is 4.04. The molecule has 0 amide bonds. The van der Waals surface area contributed by atoms with Crippen LogP contribution in [0.5, 0.6) is 0 Å². The van der Waals surface area contributed by atoms with Gasteiger partial charge in [0.25, 0.3) is 0 Å². The van der Waals surface area contributed by atoms with Crippen molar-refractivity contribution in [3.63, 3.8) is 0 Å². The lowest BCUT2D eigenvalue weighted by molar-refractivity contribution is 0.236. The maximum Gasteiger partial charge on any atom is 0.0708 e. The van der Waals surface area contributed by atoms with Crippen molar-refractivity contribution in [1.82, 2.24) is 10.3 Å². The Morgan fingerprint density at radius 3 is 2.72 bits per heavy atom. The van der Waals surface area contributed by atoms with Crippen molar-refractivity contribution >= 4 is 10.9 Å². The summed E-state index contributed by atoms with van der Waals surface area (Å²) in [4.78, 5) is 4.85. The number of hydrogen-bond acceptors (Lipinski definition) is 2. The zero-order chi connectivity index (χ0) is 12.5. The van der Waals surface area contributed by atoms with Gasteiger partial charge < -0.3 is 5.32 Å². The average molecular weight is 240 g/mol. The molecule has 3 rings (SSSR count). The Labute approximate surface area is 108 Å². The van der Waals surface area contributed by atoms with E-state index < -0.39 is 0 Å². The Hall–Kier alpha value is -1.41. The summed E-state index contributed by atoms with van der Waals surface area (Å²) >= 11 is 0. The van der Waals surface area contributed by atoms with Gasteiger partial charge in [0, 0.05) is 5.39 Å². The molecule has 1 atom stereocenters. The minimum atomic E-state index is 0.419. The van der Waals surface area contributed by atoms with Gasteiger partial charge >= 0.3 is 0 Å². The molecule has 1 saturated carbocycles. The van der Waals surface area contributed by atoms with Crippen molar-refractivity contribution in [2.24, 2.45) is 5.92 Å².